The van der Waals surface area contributed by atoms with E-state index in [9.17, 15) is 24.0 Å². The van der Waals surface area contributed by atoms with Crippen LogP contribution in [0.1, 0.15) is 41.6 Å². The van der Waals surface area contributed by atoms with Crippen molar-refractivity contribution in [3.8, 4) is 12.3 Å². The van der Waals surface area contributed by atoms with Gasteiger partial charge in [-0.3, -0.25) is 34.2 Å². The Balaban J connectivity index is 2.32. The highest BCUT2D eigenvalue weighted by atomic mass is 16.2. The highest BCUT2D eigenvalue weighted by molar-refractivity contribution is 6.11. The van der Waals surface area contributed by atoms with E-state index in [0.717, 1.165) is 4.90 Å². The summed E-state index contributed by atoms with van der Waals surface area (Å²) in [5, 5.41) is 4.73. The van der Waals surface area contributed by atoms with E-state index in [1.165, 1.54) is 6.07 Å². The predicted octanol–water partition coefficient (Wildman–Crippen LogP) is 0.751. The number of rotatable bonds is 6. The van der Waals surface area contributed by atoms with Crippen molar-refractivity contribution in [2.45, 2.75) is 38.6 Å². The van der Waals surface area contributed by atoms with Gasteiger partial charge in [-0.15, -0.1) is 12.3 Å². The van der Waals surface area contributed by atoms with E-state index in [1.807, 2.05) is 0 Å². The van der Waals surface area contributed by atoms with Crippen molar-refractivity contribution >= 4 is 35.7 Å². The molecule has 1 aromatic rings. The number of imide groups is 2. The number of carbonyl (C=O) groups is 5. The van der Waals surface area contributed by atoms with Crippen LogP contribution in [0, 0.1) is 19.3 Å². The van der Waals surface area contributed by atoms with E-state index in [4.69, 9.17) is 6.42 Å². The van der Waals surface area contributed by atoms with Gasteiger partial charge in [0.15, 0.2) is 0 Å². The van der Waals surface area contributed by atoms with Crippen LogP contribution in [0.2, 0.25) is 0 Å². The fraction of sp³-hybridized carbons (Fsp3) is 0.316. The van der Waals surface area contributed by atoms with Gasteiger partial charge in [-0.2, -0.15) is 0 Å². The number of aryl methyl sites for hydroxylation is 1. The molecule has 0 aliphatic carbocycles. The second-order valence-corrected chi connectivity index (χ2v) is 6.03. The SMILES string of the molecule is C#CCCC(=O)Nc1cccc(C)c1C(=O)N(C=O)C1CCC(=O)NC1=O. The summed E-state index contributed by atoms with van der Waals surface area (Å²) in [6.45, 7) is 1.65. The maximum absolute atomic E-state index is 13.0. The van der Waals surface area contributed by atoms with Crippen molar-refractivity contribution in [2.24, 2.45) is 0 Å². The molecule has 140 valence electrons. The smallest absolute Gasteiger partial charge is 0.263 e. The van der Waals surface area contributed by atoms with Gasteiger partial charge >= 0.3 is 0 Å². The van der Waals surface area contributed by atoms with Gasteiger partial charge in [-0.25, -0.2) is 0 Å². The van der Waals surface area contributed by atoms with Crippen LogP contribution >= 0.6 is 0 Å². The molecular formula is C19H19N3O5. The first kappa shape index (κ1) is 19.8. The topological polar surface area (TPSA) is 113 Å². The molecule has 1 heterocycles. The number of hydrogen-bond donors (Lipinski definition) is 2. The molecule has 0 radical (unpaired) electrons. The molecule has 1 fully saturated rings. The summed E-state index contributed by atoms with van der Waals surface area (Å²) in [7, 11) is 0. The van der Waals surface area contributed by atoms with E-state index >= 15 is 0 Å². The van der Waals surface area contributed by atoms with Crippen LogP contribution in [0.5, 0.6) is 0 Å². The van der Waals surface area contributed by atoms with Crippen molar-refractivity contribution in [1.82, 2.24) is 10.2 Å². The first-order valence-corrected chi connectivity index (χ1v) is 8.33. The molecule has 0 spiro atoms. The molecule has 2 rings (SSSR count). The van der Waals surface area contributed by atoms with E-state index < -0.39 is 23.8 Å². The van der Waals surface area contributed by atoms with Gasteiger partial charge in [0.25, 0.3) is 5.91 Å². The first-order valence-electron chi connectivity index (χ1n) is 8.33. The van der Waals surface area contributed by atoms with Crippen molar-refractivity contribution in [3.63, 3.8) is 0 Å². The van der Waals surface area contributed by atoms with Crippen LogP contribution in [0.15, 0.2) is 18.2 Å². The number of terminal acetylenes is 1. The summed E-state index contributed by atoms with van der Waals surface area (Å²) in [6, 6.07) is 3.75. The highest BCUT2D eigenvalue weighted by Gasteiger charge is 2.36. The summed E-state index contributed by atoms with van der Waals surface area (Å²) in [4.78, 5) is 60.6. The van der Waals surface area contributed by atoms with Crippen molar-refractivity contribution < 1.29 is 24.0 Å². The Hall–Kier alpha value is -3.47. The zero-order valence-corrected chi connectivity index (χ0v) is 14.8. The summed E-state index contributed by atoms with van der Waals surface area (Å²) in [6.07, 6.45) is 5.81. The minimum atomic E-state index is -1.09. The Morgan fingerprint density at radius 1 is 1.41 bits per heavy atom. The summed E-state index contributed by atoms with van der Waals surface area (Å²) >= 11 is 0. The lowest BCUT2D eigenvalue weighted by atomic mass is 10.0. The third-order valence-electron chi connectivity index (χ3n) is 4.15. The maximum Gasteiger partial charge on any atom is 0.263 e. The van der Waals surface area contributed by atoms with Gasteiger partial charge in [0.2, 0.25) is 24.1 Å². The number of benzene rings is 1. The van der Waals surface area contributed by atoms with Crippen LogP contribution in [0.3, 0.4) is 0 Å². The molecule has 1 unspecified atom stereocenters. The zero-order chi connectivity index (χ0) is 20.0. The lowest BCUT2D eigenvalue weighted by Gasteiger charge is -2.29. The summed E-state index contributed by atoms with van der Waals surface area (Å²) in [5.41, 5.74) is 0.846. The van der Waals surface area contributed by atoms with Crippen LogP contribution < -0.4 is 10.6 Å². The Morgan fingerprint density at radius 2 is 2.15 bits per heavy atom. The Labute approximate surface area is 156 Å². The minimum Gasteiger partial charge on any atom is -0.325 e. The van der Waals surface area contributed by atoms with Crippen molar-refractivity contribution in [2.75, 3.05) is 5.32 Å². The second-order valence-electron chi connectivity index (χ2n) is 6.03. The molecule has 27 heavy (non-hydrogen) atoms. The molecule has 8 nitrogen and oxygen atoms in total. The lowest BCUT2D eigenvalue weighted by molar-refractivity contribution is -0.139. The minimum absolute atomic E-state index is 0.0253. The second kappa shape index (κ2) is 8.76. The molecular weight excluding hydrogens is 350 g/mol. The van der Waals surface area contributed by atoms with E-state index in [2.05, 4.69) is 16.6 Å². The van der Waals surface area contributed by atoms with Crippen LogP contribution in [0.25, 0.3) is 0 Å². The quantitative estimate of drug-likeness (QED) is 0.436. The third kappa shape index (κ3) is 4.58. The zero-order valence-electron chi connectivity index (χ0n) is 14.8. The number of carbonyl (C=O) groups excluding carboxylic acids is 5. The Bertz CT molecular complexity index is 840. The number of anilines is 1. The Morgan fingerprint density at radius 3 is 2.78 bits per heavy atom. The van der Waals surface area contributed by atoms with Gasteiger partial charge in [-0.1, -0.05) is 12.1 Å². The maximum atomic E-state index is 13.0. The van der Waals surface area contributed by atoms with E-state index in [-0.39, 0.29) is 49.3 Å². The molecule has 2 N–H and O–H groups in total. The molecule has 1 aliphatic rings. The molecule has 0 saturated carbocycles. The third-order valence-corrected chi connectivity index (χ3v) is 4.15. The highest BCUT2D eigenvalue weighted by Crippen LogP contribution is 2.24. The van der Waals surface area contributed by atoms with Crippen LogP contribution in [-0.4, -0.2) is 41.0 Å². The monoisotopic (exact) mass is 369 g/mol. The van der Waals surface area contributed by atoms with Crippen LogP contribution in [0.4, 0.5) is 5.69 Å². The molecule has 0 bridgehead atoms. The van der Waals surface area contributed by atoms with Crippen LogP contribution in [-0.2, 0) is 19.2 Å². The van der Waals surface area contributed by atoms with Gasteiger partial charge in [0.1, 0.15) is 6.04 Å². The van der Waals surface area contributed by atoms with Crippen molar-refractivity contribution in [1.29, 1.82) is 0 Å². The normalized spacial score (nSPS) is 16.1. The predicted molar refractivity (Wildman–Crippen MR) is 96.3 cm³/mol. The summed E-state index contributed by atoms with van der Waals surface area (Å²) in [5.74, 6) is 0.0965. The lowest BCUT2D eigenvalue weighted by Crippen LogP contribution is -2.54. The van der Waals surface area contributed by atoms with Gasteiger partial charge in [0.05, 0.1) is 11.3 Å². The Kier molecular flexibility index (Phi) is 6.44. The van der Waals surface area contributed by atoms with Gasteiger partial charge in [-0.05, 0) is 25.0 Å². The number of amides is 5. The van der Waals surface area contributed by atoms with E-state index in [1.54, 1.807) is 19.1 Å². The number of nitrogens with zero attached hydrogens (tertiary/aromatic N) is 1. The average Bonchev–Trinajstić information content (AvgIpc) is 2.62. The van der Waals surface area contributed by atoms with E-state index in [0.29, 0.717) is 5.56 Å². The average molecular weight is 369 g/mol. The first-order chi connectivity index (χ1) is 12.9. The van der Waals surface area contributed by atoms with Crippen molar-refractivity contribution in [3.05, 3.63) is 29.3 Å². The molecule has 0 aromatic heterocycles. The van der Waals surface area contributed by atoms with Gasteiger partial charge in [0, 0.05) is 19.3 Å². The molecule has 8 heteroatoms. The molecule has 1 saturated heterocycles. The summed E-state index contributed by atoms with van der Waals surface area (Å²) < 4.78 is 0. The number of hydrogen-bond acceptors (Lipinski definition) is 5. The molecule has 1 atom stereocenters. The molecule has 5 amide bonds. The fourth-order valence-electron chi connectivity index (χ4n) is 2.79. The number of nitrogens with one attached hydrogen (secondary N) is 2. The standard InChI is InChI=1S/C19H19N3O5/c1-3-4-8-15(24)20-13-7-5-6-12(2)17(13)19(27)22(11-23)14-9-10-16(25)21-18(14)26/h1,5-7,11,14H,4,8-10H2,2H3,(H,20,24)(H,21,25,26). The largest absolute Gasteiger partial charge is 0.325 e. The van der Waals surface area contributed by atoms with Gasteiger partial charge < -0.3 is 5.32 Å². The fourth-order valence-corrected chi connectivity index (χ4v) is 2.79. The number of piperidine rings is 1. The molecule has 1 aliphatic heterocycles. The molecule has 1 aromatic carbocycles.